The molecule has 0 aliphatic heterocycles. The van der Waals surface area contributed by atoms with Crippen molar-refractivity contribution in [3.8, 4) is 11.1 Å². The zero-order chi connectivity index (χ0) is 17.7. The smallest absolute Gasteiger partial charge is 0.340 e. The van der Waals surface area contributed by atoms with Gasteiger partial charge in [0.25, 0.3) is 0 Å². The quantitative estimate of drug-likeness (QED) is 0.785. The third-order valence-corrected chi connectivity index (χ3v) is 3.49. The molecule has 0 atom stereocenters. The number of pyridine rings is 2. The first-order valence-corrected chi connectivity index (χ1v) is 7.77. The van der Waals surface area contributed by atoms with Crippen molar-refractivity contribution < 1.29 is 19.1 Å². The van der Waals surface area contributed by atoms with E-state index < -0.39 is 11.9 Å². The van der Waals surface area contributed by atoms with Gasteiger partial charge in [-0.15, -0.1) is 0 Å². The van der Waals surface area contributed by atoms with Crippen LogP contribution in [-0.4, -0.2) is 35.1 Å². The van der Waals surface area contributed by atoms with Gasteiger partial charge in [0.15, 0.2) is 0 Å². The van der Waals surface area contributed by atoms with Crippen molar-refractivity contribution in [2.75, 3.05) is 13.2 Å². The van der Waals surface area contributed by atoms with Crippen LogP contribution in [0, 0.1) is 13.8 Å². The van der Waals surface area contributed by atoms with Gasteiger partial charge >= 0.3 is 11.9 Å². The maximum Gasteiger partial charge on any atom is 0.340 e. The number of hydrogen-bond donors (Lipinski definition) is 0. The molecule has 0 amide bonds. The molecule has 0 spiro atoms. The lowest BCUT2D eigenvalue weighted by molar-refractivity contribution is 0.0525. The van der Waals surface area contributed by atoms with E-state index in [1.165, 1.54) is 0 Å². The topological polar surface area (TPSA) is 78.4 Å². The summed E-state index contributed by atoms with van der Waals surface area (Å²) in [6.07, 6.45) is 3.20. The van der Waals surface area contributed by atoms with E-state index in [1.54, 1.807) is 52.2 Å². The highest BCUT2D eigenvalue weighted by Gasteiger charge is 2.27. The molecule has 0 fully saturated rings. The Morgan fingerprint density at radius 1 is 0.917 bits per heavy atom. The van der Waals surface area contributed by atoms with Gasteiger partial charge in [0.2, 0.25) is 0 Å². The van der Waals surface area contributed by atoms with Gasteiger partial charge in [-0.25, -0.2) is 9.59 Å². The Morgan fingerprint density at radius 3 is 1.79 bits per heavy atom. The molecule has 126 valence electrons. The van der Waals surface area contributed by atoms with Gasteiger partial charge in [-0.05, 0) is 45.4 Å². The summed E-state index contributed by atoms with van der Waals surface area (Å²) in [6, 6.07) is 3.47. The number of nitrogens with zero attached hydrogens (tertiary/aromatic N) is 2. The molecule has 2 rings (SSSR count). The second-order valence-electron chi connectivity index (χ2n) is 5.08. The lowest BCUT2D eigenvalue weighted by Crippen LogP contribution is -2.17. The highest BCUT2D eigenvalue weighted by atomic mass is 16.5. The van der Waals surface area contributed by atoms with E-state index >= 15 is 0 Å². The maximum absolute atomic E-state index is 12.5. The molecule has 24 heavy (non-hydrogen) atoms. The minimum atomic E-state index is -0.514. The highest BCUT2D eigenvalue weighted by molar-refractivity contribution is 6.07. The Morgan fingerprint density at radius 2 is 1.38 bits per heavy atom. The van der Waals surface area contributed by atoms with Gasteiger partial charge in [0.05, 0.1) is 35.7 Å². The van der Waals surface area contributed by atoms with Gasteiger partial charge in [0.1, 0.15) is 0 Å². The van der Waals surface area contributed by atoms with E-state index in [2.05, 4.69) is 9.97 Å². The van der Waals surface area contributed by atoms with E-state index in [4.69, 9.17) is 9.47 Å². The Hall–Kier alpha value is -2.76. The molecule has 0 aromatic carbocycles. The minimum Gasteiger partial charge on any atom is -0.462 e. The average Bonchev–Trinajstić information content (AvgIpc) is 2.55. The van der Waals surface area contributed by atoms with Gasteiger partial charge in [-0.3, -0.25) is 9.97 Å². The van der Waals surface area contributed by atoms with Gasteiger partial charge in [0, 0.05) is 18.0 Å². The predicted octanol–water partition coefficient (Wildman–Crippen LogP) is 3.11. The van der Waals surface area contributed by atoms with E-state index in [-0.39, 0.29) is 24.3 Å². The molecule has 2 aromatic rings. The van der Waals surface area contributed by atoms with Gasteiger partial charge in [-0.2, -0.15) is 0 Å². The Bertz CT molecular complexity index is 715. The van der Waals surface area contributed by atoms with Gasteiger partial charge < -0.3 is 9.47 Å². The van der Waals surface area contributed by atoms with Gasteiger partial charge in [-0.1, -0.05) is 0 Å². The van der Waals surface area contributed by atoms with Crippen molar-refractivity contribution in [3.05, 3.63) is 47.0 Å². The third-order valence-electron chi connectivity index (χ3n) is 3.49. The first-order chi connectivity index (χ1) is 11.5. The normalized spacial score (nSPS) is 10.3. The van der Waals surface area contributed by atoms with Crippen LogP contribution in [0.2, 0.25) is 0 Å². The summed E-state index contributed by atoms with van der Waals surface area (Å²) in [6.45, 7) is 7.37. The first kappa shape index (κ1) is 17.6. The number of carbonyl (C=O) groups is 2. The molecule has 0 unspecified atom stereocenters. The van der Waals surface area contributed by atoms with Crippen LogP contribution in [0.1, 0.15) is 46.0 Å². The van der Waals surface area contributed by atoms with Crippen LogP contribution >= 0.6 is 0 Å². The van der Waals surface area contributed by atoms with E-state index in [9.17, 15) is 9.59 Å². The van der Waals surface area contributed by atoms with Crippen LogP contribution in [-0.2, 0) is 9.47 Å². The fraction of sp³-hybridized carbons (Fsp3) is 0.333. The summed E-state index contributed by atoms with van der Waals surface area (Å²) < 4.78 is 10.3. The van der Waals surface area contributed by atoms with Crippen LogP contribution < -0.4 is 0 Å². The molecule has 6 heteroatoms. The number of hydrogen-bond acceptors (Lipinski definition) is 6. The fourth-order valence-electron chi connectivity index (χ4n) is 2.56. The summed E-state index contributed by atoms with van der Waals surface area (Å²) in [5, 5.41) is 0. The number of carbonyl (C=O) groups excluding carboxylic acids is 2. The van der Waals surface area contributed by atoms with Crippen LogP contribution in [0.3, 0.4) is 0 Å². The van der Waals surface area contributed by atoms with Crippen molar-refractivity contribution in [1.82, 2.24) is 9.97 Å². The van der Waals surface area contributed by atoms with Crippen LogP contribution in [0.4, 0.5) is 0 Å². The Balaban J connectivity index is 2.82. The van der Waals surface area contributed by atoms with Crippen molar-refractivity contribution in [3.63, 3.8) is 0 Å². The van der Waals surface area contributed by atoms with E-state index in [0.29, 0.717) is 22.5 Å². The molecule has 0 aliphatic rings. The highest BCUT2D eigenvalue weighted by Crippen LogP contribution is 2.32. The lowest BCUT2D eigenvalue weighted by Gasteiger charge is -2.17. The minimum absolute atomic E-state index is 0.233. The van der Waals surface area contributed by atoms with Crippen molar-refractivity contribution in [2.45, 2.75) is 27.7 Å². The van der Waals surface area contributed by atoms with Crippen molar-refractivity contribution in [1.29, 1.82) is 0 Å². The van der Waals surface area contributed by atoms with Crippen molar-refractivity contribution in [2.24, 2.45) is 0 Å². The number of aromatic nitrogens is 2. The molecular weight excluding hydrogens is 308 g/mol. The standard InChI is InChI=1S/C18H20N2O4/c1-5-23-17(21)14-11(3)20-12(4)15(18(22)24-6-2)16(14)13-7-9-19-10-8-13/h7-10H,5-6H2,1-4H3. The molecule has 0 aliphatic carbocycles. The molecule has 0 bridgehead atoms. The predicted molar refractivity (Wildman–Crippen MR) is 88.9 cm³/mol. The molecule has 2 heterocycles. The molecule has 0 saturated carbocycles. The summed E-state index contributed by atoms with van der Waals surface area (Å²) in [5.74, 6) is -1.03. The van der Waals surface area contributed by atoms with E-state index in [1.807, 2.05) is 0 Å². The lowest BCUT2D eigenvalue weighted by atomic mass is 9.93. The molecule has 0 radical (unpaired) electrons. The number of rotatable bonds is 5. The SMILES string of the molecule is CCOC(=O)c1c(C)nc(C)c(C(=O)OCC)c1-c1ccncc1. The molecule has 6 nitrogen and oxygen atoms in total. The molecule has 2 aromatic heterocycles. The van der Waals surface area contributed by atoms with Crippen LogP contribution in [0.5, 0.6) is 0 Å². The maximum atomic E-state index is 12.5. The number of ether oxygens (including phenoxy) is 2. The number of esters is 2. The summed E-state index contributed by atoms with van der Waals surface area (Å²) in [4.78, 5) is 33.3. The fourth-order valence-corrected chi connectivity index (χ4v) is 2.56. The molecule has 0 saturated heterocycles. The molecule has 0 N–H and O–H groups in total. The molecular formula is C18H20N2O4. The third kappa shape index (κ3) is 3.42. The largest absolute Gasteiger partial charge is 0.462 e. The Kier molecular flexibility index (Phi) is 5.63. The average molecular weight is 328 g/mol. The zero-order valence-corrected chi connectivity index (χ0v) is 14.3. The second-order valence-corrected chi connectivity index (χ2v) is 5.08. The number of aryl methyl sites for hydroxylation is 2. The zero-order valence-electron chi connectivity index (χ0n) is 14.3. The van der Waals surface area contributed by atoms with Crippen LogP contribution in [0.15, 0.2) is 24.5 Å². The summed E-state index contributed by atoms with van der Waals surface area (Å²) >= 11 is 0. The monoisotopic (exact) mass is 328 g/mol. The first-order valence-electron chi connectivity index (χ1n) is 7.77. The Labute approximate surface area is 140 Å². The summed E-state index contributed by atoms with van der Waals surface area (Å²) in [7, 11) is 0. The summed E-state index contributed by atoms with van der Waals surface area (Å²) in [5.41, 5.74) is 2.72. The van der Waals surface area contributed by atoms with E-state index in [0.717, 1.165) is 0 Å². The second kappa shape index (κ2) is 7.68. The van der Waals surface area contributed by atoms with Crippen molar-refractivity contribution >= 4 is 11.9 Å². The van der Waals surface area contributed by atoms with Crippen LogP contribution in [0.25, 0.3) is 11.1 Å².